The molecule has 114 valence electrons. The average molecular weight is 297 g/mol. The summed E-state index contributed by atoms with van der Waals surface area (Å²) in [4.78, 5) is 20.9. The van der Waals surface area contributed by atoms with E-state index >= 15 is 0 Å². The van der Waals surface area contributed by atoms with E-state index in [9.17, 15) is 9.90 Å². The predicted octanol–water partition coefficient (Wildman–Crippen LogP) is 3.09. The van der Waals surface area contributed by atoms with Crippen LogP contribution in [0.4, 0.5) is 5.69 Å². The number of carbonyl (C=O) groups is 1. The second kappa shape index (κ2) is 5.40. The summed E-state index contributed by atoms with van der Waals surface area (Å²) < 4.78 is 0. The number of benzene rings is 1. The molecule has 1 amide bonds. The van der Waals surface area contributed by atoms with E-state index in [0.717, 1.165) is 22.6 Å². The van der Waals surface area contributed by atoms with E-state index in [1.54, 1.807) is 12.3 Å². The number of aromatic nitrogens is 2. The summed E-state index contributed by atoms with van der Waals surface area (Å²) in [7, 11) is 0. The zero-order valence-corrected chi connectivity index (χ0v) is 12.9. The first kappa shape index (κ1) is 14.5. The van der Waals surface area contributed by atoms with Gasteiger partial charge in [-0.1, -0.05) is 13.8 Å². The number of hydrogen-bond acceptors (Lipinski definition) is 4. The SMILES string of the molecule is Cc1cc2c(cc1O)NC(=O)CC2c1ccnc(C(C)C)n1. The first-order chi connectivity index (χ1) is 10.5. The van der Waals surface area contributed by atoms with Gasteiger partial charge in [0, 0.05) is 36.2 Å². The Morgan fingerprint density at radius 2 is 2.14 bits per heavy atom. The van der Waals surface area contributed by atoms with Gasteiger partial charge in [-0.2, -0.15) is 0 Å². The lowest BCUT2D eigenvalue weighted by Crippen LogP contribution is -2.24. The van der Waals surface area contributed by atoms with E-state index in [2.05, 4.69) is 15.3 Å². The molecule has 0 spiro atoms. The van der Waals surface area contributed by atoms with Crippen LogP contribution in [0.5, 0.6) is 5.75 Å². The van der Waals surface area contributed by atoms with Gasteiger partial charge >= 0.3 is 0 Å². The summed E-state index contributed by atoms with van der Waals surface area (Å²) in [5.74, 6) is 1.03. The summed E-state index contributed by atoms with van der Waals surface area (Å²) in [5, 5.41) is 12.7. The monoisotopic (exact) mass is 297 g/mol. The van der Waals surface area contributed by atoms with Gasteiger partial charge in [-0.3, -0.25) is 4.79 Å². The number of rotatable bonds is 2. The maximum atomic E-state index is 12.0. The zero-order valence-electron chi connectivity index (χ0n) is 12.9. The van der Waals surface area contributed by atoms with Crippen molar-refractivity contribution in [3.63, 3.8) is 0 Å². The Labute approximate surface area is 129 Å². The highest BCUT2D eigenvalue weighted by Crippen LogP contribution is 2.39. The summed E-state index contributed by atoms with van der Waals surface area (Å²) in [6, 6.07) is 5.40. The Morgan fingerprint density at radius 3 is 2.86 bits per heavy atom. The molecule has 5 heteroatoms. The van der Waals surface area contributed by atoms with Crippen molar-refractivity contribution in [3.05, 3.63) is 47.0 Å². The van der Waals surface area contributed by atoms with Crippen LogP contribution in [0.2, 0.25) is 0 Å². The molecule has 0 fully saturated rings. The predicted molar refractivity (Wildman–Crippen MR) is 84.1 cm³/mol. The molecule has 1 aliphatic rings. The van der Waals surface area contributed by atoms with Crippen LogP contribution in [0.25, 0.3) is 0 Å². The molecule has 1 aromatic carbocycles. The smallest absolute Gasteiger partial charge is 0.225 e. The highest BCUT2D eigenvalue weighted by atomic mass is 16.3. The molecule has 3 rings (SSSR count). The number of hydrogen-bond donors (Lipinski definition) is 2. The molecule has 1 unspecified atom stereocenters. The standard InChI is InChI=1S/C17H19N3O2/c1-9(2)17-18-5-4-13(20-17)12-7-16(22)19-14-8-15(21)10(3)6-11(12)14/h4-6,8-9,12,21H,7H2,1-3H3,(H,19,22). The minimum absolute atomic E-state index is 0.0644. The van der Waals surface area contributed by atoms with Crippen LogP contribution >= 0.6 is 0 Å². The molecule has 1 aliphatic heterocycles. The number of anilines is 1. The minimum atomic E-state index is -0.108. The molecule has 1 atom stereocenters. The van der Waals surface area contributed by atoms with E-state index < -0.39 is 0 Å². The molecular weight excluding hydrogens is 278 g/mol. The van der Waals surface area contributed by atoms with Crippen molar-refractivity contribution in [2.45, 2.75) is 39.0 Å². The molecule has 2 heterocycles. The highest BCUT2D eigenvalue weighted by Gasteiger charge is 2.28. The topological polar surface area (TPSA) is 75.1 Å². The summed E-state index contributed by atoms with van der Waals surface area (Å²) >= 11 is 0. The molecule has 5 nitrogen and oxygen atoms in total. The number of phenols is 1. The second-order valence-electron chi connectivity index (χ2n) is 6.03. The van der Waals surface area contributed by atoms with Crippen LogP contribution in [0.3, 0.4) is 0 Å². The van der Waals surface area contributed by atoms with Gasteiger partial charge < -0.3 is 10.4 Å². The van der Waals surface area contributed by atoms with Crippen molar-refractivity contribution in [2.75, 3.05) is 5.32 Å². The van der Waals surface area contributed by atoms with E-state index in [1.165, 1.54) is 0 Å². The van der Waals surface area contributed by atoms with Crippen molar-refractivity contribution in [1.29, 1.82) is 0 Å². The van der Waals surface area contributed by atoms with Gasteiger partial charge in [0.05, 0.1) is 5.69 Å². The maximum Gasteiger partial charge on any atom is 0.225 e. The zero-order chi connectivity index (χ0) is 15.9. The van der Waals surface area contributed by atoms with Crippen molar-refractivity contribution in [1.82, 2.24) is 9.97 Å². The number of amides is 1. The van der Waals surface area contributed by atoms with Crippen LogP contribution in [0.15, 0.2) is 24.4 Å². The molecule has 22 heavy (non-hydrogen) atoms. The van der Waals surface area contributed by atoms with Crippen LogP contribution in [0, 0.1) is 6.92 Å². The highest BCUT2D eigenvalue weighted by molar-refractivity contribution is 5.95. The number of phenolic OH excluding ortho intramolecular Hbond substituents is 1. The number of aryl methyl sites for hydroxylation is 1. The van der Waals surface area contributed by atoms with Crippen molar-refractivity contribution >= 4 is 11.6 Å². The van der Waals surface area contributed by atoms with Gasteiger partial charge in [-0.05, 0) is 30.2 Å². The Kier molecular flexibility index (Phi) is 3.56. The number of carbonyl (C=O) groups excluding carboxylic acids is 1. The fourth-order valence-corrected chi connectivity index (χ4v) is 2.74. The van der Waals surface area contributed by atoms with Crippen LogP contribution in [-0.2, 0) is 4.79 Å². The Bertz CT molecular complexity index is 741. The van der Waals surface area contributed by atoms with Gasteiger partial charge in [0.1, 0.15) is 11.6 Å². The van der Waals surface area contributed by atoms with Gasteiger partial charge in [-0.15, -0.1) is 0 Å². The Hall–Kier alpha value is -2.43. The van der Waals surface area contributed by atoms with E-state index in [4.69, 9.17) is 0 Å². The first-order valence-electron chi connectivity index (χ1n) is 7.42. The van der Waals surface area contributed by atoms with Crippen molar-refractivity contribution in [3.8, 4) is 5.75 Å². The molecule has 2 N–H and O–H groups in total. The normalized spacial score (nSPS) is 17.3. The number of aromatic hydroxyl groups is 1. The van der Waals surface area contributed by atoms with E-state index in [1.807, 2.05) is 32.9 Å². The summed E-state index contributed by atoms with van der Waals surface area (Å²) in [6.45, 7) is 5.94. The van der Waals surface area contributed by atoms with Crippen LogP contribution in [0.1, 0.15) is 54.7 Å². The molecule has 0 bridgehead atoms. The largest absolute Gasteiger partial charge is 0.508 e. The van der Waals surface area contributed by atoms with Gasteiger partial charge in [0.15, 0.2) is 0 Å². The first-order valence-corrected chi connectivity index (χ1v) is 7.42. The maximum absolute atomic E-state index is 12.0. The molecule has 0 radical (unpaired) electrons. The fraction of sp³-hybridized carbons (Fsp3) is 0.353. The second-order valence-corrected chi connectivity index (χ2v) is 6.03. The lowest BCUT2D eigenvalue weighted by molar-refractivity contribution is -0.116. The van der Waals surface area contributed by atoms with Gasteiger partial charge in [0.2, 0.25) is 5.91 Å². The summed E-state index contributed by atoms with van der Waals surface area (Å²) in [5.41, 5.74) is 3.29. The van der Waals surface area contributed by atoms with Crippen LogP contribution < -0.4 is 5.32 Å². The Balaban J connectivity index is 2.11. The number of fused-ring (bicyclic) bond motifs is 1. The molecule has 2 aromatic rings. The van der Waals surface area contributed by atoms with Crippen molar-refractivity contribution < 1.29 is 9.90 Å². The third-order valence-electron chi connectivity index (χ3n) is 3.98. The number of nitrogens with one attached hydrogen (secondary N) is 1. The molecule has 0 saturated carbocycles. The summed E-state index contributed by atoms with van der Waals surface area (Å²) in [6.07, 6.45) is 2.10. The molecule has 0 saturated heterocycles. The van der Waals surface area contributed by atoms with Crippen LogP contribution in [-0.4, -0.2) is 21.0 Å². The van der Waals surface area contributed by atoms with Gasteiger partial charge in [-0.25, -0.2) is 9.97 Å². The molecule has 0 aliphatic carbocycles. The fourth-order valence-electron chi connectivity index (χ4n) is 2.74. The minimum Gasteiger partial charge on any atom is -0.508 e. The average Bonchev–Trinajstić information content (AvgIpc) is 2.48. The third-order valence-corrected chi connectivity index (χ3v) is 3.98. The lowest BCUT2D eigenvalue weighted by Gasteiger charge is -2.26. The quantitative estimate of drug-likeness (QED) is 0.893. The van der Waals surface area contributed by atoms with E-state index in [0.29, 0.717) is 12.1 Å². The number of nitrogens with zero attached hydrogens (tertiary/aromatic N) is 2. The van der Waals surface area contributed by atoms with E-state index in [-0.39, 0.29) is 23.5 Å². The lowest BCUT2D eigenvalue weighted by atomic mass is 9.86. The molecular formula is C17H19N3O2. The van der Waals surface area contributed by atoms with Crippen molar-refractivity contribution in [2.24, 2.45) is 0 Å². The molecule has 1 aromatic heterocycles. The Morgan fingerprint density at radius 1 is 1.36 bits per heavy atom. The third kappa shape index (κ3) is 2.54. The van der Waals surface area contributed by atoms with Gasteiger partial charge in [0.25, 0.3) is 0 Å².